The van der Waals surface area contributed by atoms with Crippen molar-refractivity contribution in [3.63, 3.8) is 0 Å². The van der Waals surface area contributed by atoms with Crippen LogP contribution in [0, 0.1) is 0 Å². The minimum atomic E-state index is -0.0112. The Bertz CT molecular complexity index is 417. The molecule has 1 aromatic rings. The highest BCUT2D eigenvalue weighted by Crippen LogP contribution is 2.16. The van der Waals surface area contributed by atoms with Crippen LogP contribution in [0.2, 0.25) is 0 Å². The van der Waals surface area contributed by atoms with Gasteiger partial charge in [-0.1, -0.05) is 0 Å². The predicted octanol–water partition coefficient (Wildman–Crippen LogP) is 0.143. The second-order valence-electron chi connectivity index (χ2n) is 4.73. The third kappa shape index (κ3) is 2.60. The molecule has 0 aliphatic carbocycles. The van der Waals surface area contributed by atoms with Gasteiger partial charge >= 0.3 is 0 Å². The maximum atomic E-state index is 12.2. The quantitative estimate of drug-likeness (QED) is 0.589. The van der Waals surface area contributed by atoms with Gasteiger partial charge in [-0.3, -0.25) is 10.6 Å². The minimum absolute atomic E-state index is 0.0112. The van der Waals surface area contributed by atoms with Crippen LogP contribution >= 0.6 is 0 Å². The number of anilines is 1. The van der Waals surface area contributed by atoms with E-state index in [0.717, 1.165) is 19.5 Å². The second kappa shape index (κ2) is 5.32. The second-order valence-corrected chi connectivity index (χ2v) is 4.73. The van der Waals surface area contributed by atoms with E-state index in [9.17, 15) is 4.79 Å². The fraction of sp³-hybridized carbons (Fsp3) is 0.500. The molecule has 6 heteroatoms. The standard InChI is InChI=1S/C12H19N5O/c1-16(2)10-5-6-17(8-10)12(18)11-4-3-9(15-13)7-14-11/h3-4,7,10,15H,5-6,8,13H2,1-2H3. The molecule has 18 heavy (non-hydrogen) atoms. The number of hydrazine groups is 1. The summed E-state index contributed by atoms with van der Waals surface area (Å²) in [5.74, 6) is 5.25. The van der Waals surface area contributed by atoms with Crippen molar-refractivity contribution < 1.29 is 4.79 Å². The number of nitrogens with two attached hydrogens (primary N) is 1. The van der Waals surface area contributed by atoms with E-state index in [1.807, 2.05) is 19.0 Å². The lowest BCUT2D eigenvalue weighted by atomic mass is 10.2. The van der Waals surface area contributed by atoms with Crippen LogP contribution in [0.4, 0.5) is 5.69 Å². The van der Waals surface area contributed by atoms with Gasteiger partial charge < -0.3 is 15.2 Å². The van der Waals surface area contributed by atoms with Gasteiger partial charge in [-0.25, -0.2) is 4.98 Å². The molecule has 2 heterocycles. The minimum Gasteiger partial charge on any atom is -0.336 e. The maximum Gasteiger partial charge on any atom is 0.272 e. The molecule has 1 unspecified atom stereocenters. The zero-order valence-electron chi connectivity index (χ0n) is 10.8. The summed E-state index contributed by atoms with van der Waals surface area (Å²) in [6.07, 6.45) is 2.58. The number of nitrogen functional groups attached to an aromatic ring is 1. The van der Waals surface area contributed by atoms with E-state index in [1.165, 1.54) is 0 Å². The molecule has 1 aliphatic rings. The predicted molar refractivity (Wildman–Crippen MR) is 70.0 cm³/mol. The smallest absolute Gasteiger partial charge is 0.272 e. The number of pyridine rings is 1. The SMILES string of the molecule is CN(C)C1CCN(C(=O)c2ccc(NN)cn2)C1. The molecule has 6 nitrogen and oxygen atoms in total. The van der Waals surface area contributed by atoms with Crippen LogP contribution in [0.5, 0.6) is 0 Å². The van der Waals surface area contributed by atoms with Crippen LogP contribution in [-0.2, 0) is 0 Å². The van der Waals surface area contributed by atoms with Gasteiger partial charge in [0, 0.05) is 19.1 Å². The van der Waals surface area contributed by atoms with E-state index < -0.39 is 0 Å². The maximum absolute atomic E-state index is 12.2. The molecule has 0 aromatic carbocycles. The van der Waals surface area contributed by atoms with Gasteiger partial charge in [0.05, 0.1) is 11.9 Å². The van der Waals surface area contributed by atoms with Crippen molar-refractivity contribution in [2.75, 3.05) is 32.6 Å². The van der Waals surface area contributed by atoms with Gasteiger partial charge in [0.15, 0.2) is 0 Å². The van der Waals surface area contributed by atoms with Crippen molar-refractivity contribution in [2.45, 2.75) is 12.5 Å². The zero-order chi connectivity index (χ0) is 13.1. The normalized spacial score (nSPS) is 19.3. The Kier molecular flexibility index (Phi) is 3.78. The monoisotopic (exact) mass is 249 g/mol. The number of nitrogens with one attached hydrogen (secondary N) is 1. The lowest BCUT2D eigenvalue weighted by Crippen LogP contribution is -2.34. The lowest BCUT2D eigenvalue weighted by molar-refractivity contribution is 0.0777. The molecular formula is C12H19N5O. The lowest BCUT2D eigenvalue weighted by Gasteiger charge is -2.20. The summed E-state index contributed by atoms with van der Waals surface area (Å²) < 4.78 is 0. The summed E-state index contributed by atoms with van der Waals surface area (Å²) in [4.78, 5) is 20.3. The van der Waals surface area contributed by atoms with Crippen molar-refractivity contribution in [2.24, 2.45) is 5.84 Å². The Labute approximate surface area is 107 Å². The molecule has 0 bridgehead atoms. The number of aromatic nitrogens is 1. The van der Waals surface area contributed by atoms with Crippen LogP contribution in [0.1, 0.15) is 16.9 Å². The van der Waals surface area contributed by atoms with Gasteiger partial charge in [0.25, 0.3) is 5.91 Å². The first-order valence-corrected chi connectivity index (χ1v) is 6.00. The molecule has 98 valence electrons. The number of nitrogens with zero attached hydrogens (tertiary/aromatic N) is 3. The molecular weight excluding hydrogens is 230 g/mol. The third-order valence-corrected chi connectivity index (χ3v) is 3.33. The van der Waals surface area contributed by atoms with Crippen molar-refractivity contribution in [3.05, 3.63) is 24.0 Å². The Balaban J connectivity index is 2.03. The number of carbonyl (C=O) groups excluding carboxylic acids is 1. The summed E-state index contributed by atoms with van der Waals surface area (Å²) in [5.41, 5.74) is 3.65. The molecule has 1 aliphatic heterocycles. The number of likely N-dealkylation sites (tertiary alicyclic amines) is 1. The Morgan fingerprint density at radius 3 is 2.83 bits per heavy atom. The first kappa shape index (κ1) is 12.8. The highest BCUT2D eigenvalue weighted by molar-refractivity contribution is 5.92. The fourth-order valence-electron chi connectivity index (χ4n) is 2.12. The van der Waals surface area contributed by atoms with Crippen LogP contribution < -0.4 is 11.3 Å². The summed E-state index contributed by atoms with van der Waals surface area (Å²) in [6, 6.07) is 3.89. The fourth-order valence-corrected chi connectivity index (χ4v) is 2.12. The molecule has 1 aromatic heterocycles. The topological polar surface area (TPSA) is 74.5 Å². The summed E-state index contributed by atoms with van der Waals surface area (Å²) in [7, 11) is 4.08. The molecule has 3 N–H and O–H groups in total. The molecule has 2 rings (SSSR count). The van der Waals surface area contributed by atoms with Crippen molar-refractivity contribution in [1.29, 1.82) is 0 Å². The van der Waals surface area contributed by atoms with E-state index in [-0.39, 0.29) is 5.91 Å². The van der Waals surface area contributed by atoms with Crippen molar-refractivity contribution in [1.82, 2.24) is 14.8 Å². The first-order valence-electron chi connectivity index (χ1n) is 6.00. The van der Waals surface area contributed by atoms with Crippen LogP contribution in [0.3, 0.4) is 0 Å². The molecule has 1 saturated heterocycles. The van der Waals surface area contributed by atoms with Crippen LogP contribution in [-0.4, -0.2) is 53.9 Å². The number of likely N-dealkylation sites (N-methyl/N-ethyl adjacent to an activating group) is 1. The molecule has 1 amide bonds. The summed E-state index contributed by atoms with van der Waals surface area (Å²) in [6.45, 7) is 1.56. The van der Waals surface area contributed by atoms with E-state index in [4.69, 9.17) is 5.84 Å². The van der Waals surface area contributed by atoms with Gasteiger partial charge in [-0.15, -0.1) is 0 Å². The Morgan fingerprint density at radius 2 is 2.33 bits per heavy atom. The van der Waals surface area contributed by atoms with Gasteiger partial charge in [0.1, 0.15) is 5.69 Å². The number of rotatable bonds is 3. The highest BCUT2D eigenvalue weighted by atomic mass is 16.2. The number of hydrogen-bond acceptors (Lipinski definition) is 5. The average Bonchev–Trinajstić information content (AvgIpc) is 2.88. The third-order valence-electron chi connectivity index (χ3n) is 3.33. The van der Waals surface area contributed by atoms with Crippen LogP contribution in [0.15, 0.2) is 18.3 Å². The van der Waals surface area contributed by atoms with E-state index in [1.54, 1.807) is 18.3 Å². The van der Waals surface area contributed by atoms with Gasteiger partial charge in [-0.05, 0) is 32.6 Å². The number of amides is 1. The number of hydrogen-bond donors (Lipinski definition) is 2. The molecule has 0 radical (unpaired) electrons. The van der Waals surface area contributed by atoms with Crippen molar-refractivity contribution in [3.8, 4) is 0 Å². The Hall–Kier alpha value is -1.66. The van der Waals surface area contributed by atoms with Gasteiger partial charge in [-0.2, -0.15) is 0 Å². The van der Waals surface area contributed by atoms with E-state index in [0.29, 0.717) is 17.4 Å². The van der Waals surface area contributed by atoms with E-state index in [2.05, 4.69) is 15.3 Å². The summed E-state index contributed by atoms with van der Waals surface area (Å²) in [5, 5.41) is 0. The highest BCUT2D eigenvalue weighted by Gasteiger charge is 2.28. The zero-order valence-corrected chi connectivity index (χ0v) is 10.8. The van der Waals surface area contributed by atoms with Crippen molar-refractivity contribution >= 4 is 11.6 Å². The Morgan fingerprint density at radius 1 is 1.56 bits per heavy atom. The number of carbonyl (C=O) groups is 1. The largest absolute Gasteiger partial charge is 0.336 e. The molecule has 0 spiro atoms. The van der Waals surface area contributed by atoms with Gasteiger partial charge in [0.2, 0.25) is 0 Å². The first-order chi connectivity index (χ1) is 8.61. The molecule has 0 saturated carbocycles. The van der Waals surface area contributed by atoms with E-state index >= 15 is 0 Å². The van der Waals surface area contributed by atoms with Crippen LogP contribution in [0.25, 0.3) is 0 Å². The molecule has 1 fully saturated rings. The molecule has 1 atom stereocenters. The average molecular weight is 249 g/mol. The summed E-state index contributed by atoms with van der Waals surface area (Å²) >= 11 is 0.